The Labute approximate surface area is 110 Å². The predicted octanol–water partition coefficient (Wildman–Crippen LogP) is 3.54. The molecule has 0 aliphatic carbocycles. The minimum absolute atomic E-state index is 0.0525. The number of aromatic carboxylic acids is 1. The lowest BCUT2D eigenvalue weighted by Gasteiger charge is -2.26. The molecule has 0 heterocycles. The van der Waals surface area contributed by atoms with E-state index in [4.69, 9.17) is 5.11 Å². The largest absolute Gasteiger partial charge is 0.478 e. The van der Waals surface area contributed by atoms with E-state index < -0.39 is 18.7 Å². The first-order valence-corrected chi connectivity index (χ1v) is 5.88. The van der Waals surface area contributed by atoms with Crippen molar-refractivity contribution in [3.05, 3.63) is 28.2 Å². The first kappa shape index (κ1) is 14.8. The number of benzene rings is 1. The minimum Gasteiger partial charge on any atom is -0.478 e. The Morgan fingerprint density at radius 1 is 1.44 bits per heavy atom. The second-order valence-corrected chi connectivity index (χ2v) is 4.51. The highest BCUT2D eigenvalue weighted by Gasteiger charge is 2.31. The quantitative estimate of drug-likeness (QED) is 0.920. The van der Waals surface area contributed by atoms with E-state index in [1.54, 1.807) is 0 Å². The molecule has 3 nitrogen and oxygen atoms in total. The van der Waals surface area contributed by atoms with Crippen molar-refractivity contribution in [3.63, 3.8) is 0 Å². The Kier molecular flexibility index (Phi) is 4.61. The summed E-state index contributed by atoms with van der Waals surface area (Å²) in [7, 11) is 0. The van der Waals surface area contributed by atoms with Gasteiger partial charge in [-0.05, 0) is 25.1 Å². The predicted molar refractivity (Wildman–Crippen MR) is 65.0 cm³/mol. The first-order chi connectivity index (χ1) is 8.24. The average molecular weight is 326 g/mol. The van der Waals surface area contributed by atoms with E-state index >= 15 is 0 Å². The Morgan fingerprint density at radius 3 is 2.50 bits per heavy atom. The van der Waals surface area contributed by atoms with Crippen LogP contribution >= 0.6 is 15.9 Å². The summed E-state index contributed by atoms with van der Waals surface area (Å²) in [6.45, 7) is 0.425. The van der Waals surface area contributed by atoms with Gasteiger partial charge in [0.1, 0.15) is 6.54 Å². The minimum atomic E-state index is -4.38. The van der Waals surface area contributed by atoms with Gasteiger partial charge in [0.15, 0.2) is 0 Å². The summed E-state index contributed by atoms with van der Waals surface area (Å²) >= 11 is 3.12. The van der Waals surface area contributed by atoms with Gasteiger partial charge in [-0.2, -0.15) is 13.2 Å². The molecule has 0 saturated carbocycles. The van der Waals surface area contributed by atoms with E-state index in [1.165, 1.54) is 25.1 Å². The highest BCUT2D eigenvalue weighted by molar-refractivity contribution is 9.10. The van der Waals surface area contributed by atoms with Crippen LogP contribution in [0.4, 0.5) is 18.9 Å². The molecule has 7 heteroatoms. The standard InChI is InChI=1S/C11H11BrF3NO2/c1-2-16(6-11(13,14)15)9-5-7(12)3-4-8(9)10(17)18/h3-5H,2,6H2,1H3,(H,17,18). The van der Waals surface area contributed by atoms with E-state index in [0.717, 1.165) is 4.90 Å². The molecule has 0 aliphatic heterocycles. The number of carboxylic acid groups (broad SMARTS) is 1. The lowest BCUT2D eigenvalue weighted by atomic mass is 10.1. The summed E-state index contributed by atoms with van der Waals surface area (Å²) in [5.41, 5.74) is -0.0963. The number of rotatable bonds is 4. The summed E-state index contributed by atoms with van der Waals surface area (Å²) in [6.07, 6.45) is -4.38. The zero-order valence-electron chi connectivity index (χ0n) is 9.46. The highest BCUT2D eigenvalue weighted by atomic mass is 79.9. The summed E-state index contributed by atoms with van der Waals surface area (Å²) < 4.78 is 37.8. The van der Waals surface area contributed by atoms with Gasteiger partial charge < -0.3 is 10.0 Å². The maximum atomic E-state index is 12.4. The number of hydrogen-bond donors (Lipinski definition) is 1. The van der Waals surface area contributed by atoms with Crippen LogP contribution in [0.5, 0.6) is 0 Å². The Bertz CT molecular complexity index is 448. The highest BCUT2D eigenvalue weighted by Crippen LogP contribution is 2.28. The van der Waals surface area contributed by atoms with E-state index in [1.807, 2.05) is 0 Å². The Morgan fingerprint density at radius 2 is 2.06 bits per heavy atom. The van der Waals surface area contributed by atoms with Crippen LogP contribution < -0.4 is 4.90 Å². The number of alkyl halides is 3. The second-order valence-electron chi connectivity index (χ2n) is 3.60. The molecular formula is C11H11BrF3NO2. The van der Waals surface area contributed by atoms with Crippen LogP contribution in [0.25, 0.3) is 0 Å². The zero-order chi connectivity index (χ0) is 13.9. The molecule has 1 aromatic rings. The zero-order valence-corrected chi connectivity index (χ0v) is 11.0. The van der Waals surface area contributed by atoms with Crippen LogP contribution in [0.3, 0.4) is 0 Å². The van der Waals surface area contributed by atoms with Gasteiger partial charge in [-0.1, -0.05) is 15.9 Å². The second kappa shape index (κ2) is 5.60. The molecule has 0 fully saturated rings. The topological polar surface area (TPSA) is 40.5 Å². The molecule has 0 radical (unpaired) electrons. The summed E-state index contributed by atoms with van der Waals surface area (Å²) in [4.78, 5) is 12.0. The molecule has 1 N–H and O–H groups in total. The van der Waals surface area contributed by atoms with Gasteiger partial charge >= 0.3 is 12.1 Å². The van der Waals surface area contributed by atoms with Gasteiger partial charge in [0.05, 0.1) is 11.3 Å². The molecule has 0 atom stereocenters. The monoisotopic (exact) mass is 325 g/mol. The van der Waals surface area contributed by atoms with Crippen molar-refractivity contribution in [3.8, 4) is 0 Å². The molecule has 0 spiro atoms. The Balaban J connectivity index is 3.19. The molecule has 1 aromatic carbocycles. The smallest absolute Gasteiger partial charge is 0.405 e. The fourth-order valence-corrected chi connectivity index (χ4v) is 1.88. The molecule has 18 heavy (non-hydrogen) atoms. The molecule has 0 bridgehead atoms. The molecule has 0 unspecified atom stereocenters. The normalized spacial score (nSPS) is 11.4. The number of halogens is 4. The third-order valence-electron chi connectivity index (χ3n) is 2.28. The van der Waals surface area contributed by atoms with E-state index in [0.29, 0.717) is 4.47 Å². The van der Waals surface area contributed by atoms with Crippen LogP contribution in [0.15, 0.2) is 22.7 Å². The van der Waals surface area contributed by atoms with Gasteiger partial charge in [-0.3, -0.25) is 0 Å². The fraction of sp³-hybridized carbons (Fsp3) is 0.364. The third kappa shape index (κ3) is 3.90. The summed E-state index contributed by atoms with van der Waals surface area (Å²) in [5, 5.41) is 8.98. The van der Waals surface area contributed by atoms with Gasteiger partial charge in [0.25, 0.3) is 0 Å². The molecule has 0 aliphatic rings. The first-order valence-electron chi connectivity index (χ1n) is 5.09. The fourth-order valence-electron chi connectivity index (χ4n) is 1.53. The van der Waals surface area contributed by atoms with Crippen molar-refractivity contribution < 1.29 is 23.1 Å². The average Bonchev–Trinajstić information content (AvgIpc) is 2.24. The van der Waals surface area contributed by atoms with Crippen molar-refractivity contribution in [2.45, 2.75) is 13.1 Å². The van der Waals surface area contributed by atoms with Gasteiger partial charge in [0, 0.05) is 11.0 Å². The number of nitrogens with zero attached hydrogens (tertiary/aromatic N) is 1. The molecule has 1 rings (SSSR count). The van der Waals surface area contributed by atoms with Crippen molar-refractivity contribution in [1.82, 2.24) is 0 Å². The summed E-state index contributed by atoms with van der Waals surface area (Å²) in [6, 6.07) is 4.13. The number of carboxylic acids is 1. The number of anilines is 1. The lowest BCUT2D eigenvalue weighted by Crippen LogP contribution is -2.35. The van der Waals surface area contributed by atoms with Crippen LogP contribution in [0, 0.1) is 0 Å². The van der Waals surface area contributed by atoms with Gasteiger partial charge in [0.2, 0.25) is 0 Å². The number of hydrogen-bond acceptors (Lipinski definition) is 2. The third-order valence-corrected chi connectivity index (χ3v) is 2.78. The molecule has 0 amide bonds. The summed E-state index contributed by atoms with van der Waals surface area (Å²) in [5.74, 6) is -1.25. The molecular weight excluding hydrogens is 315 g/mol. The van der Waals surface area contributed by atoms with Crippen molar-refractivity contribution in [1.29, 1.82) is 0 Å². The lowest BCUT2D eigenvalue weighted by molar-refractivity contribution is -0.119. The van der Waals surface area contributed by atoms with Crippen LogP contribution in [-0.4, -0.2) is 30.3 Å². The molecule has 100 valence electrons. The van der Waals surface area contributed by atoms with E-state index in [9.17, 15) is 18.0 Å². The van der Waals surface area contributed by atoms with E-state index in [-0.39, 0.29) is 17.8 Å². The maximum Gasteiger partial charge on any atom is 0.405 e. The van der Waals surface area contributed by atoms with Gasteiger partial charge in [-0.25, -0.2) is 4.79 Å². The van der Waals surface area contributed by atoms with Crippen LogP contribution in [-0.2, 0) is 0 Å². The van der Waals surface area contributed by atoms with E-state index in [2.05, 4.69) is 15.9 Å². The van der Waals surface area contributed by atoms with Crippen molar-refractivity contribution in [2.24, 2.45) is 0 Å². The Hall–Kier alpha value is -1.24. The van der Waals surface area contributed by atoms with Crippen LogP contribution in [0.2, 0.25) is 0 Å². The molecule has 0 saturated heterocycles. The van der Waals surface area contributed by atoms with Gasteiger partial charge in [-0.15, -0.1) is 0 Å². The van der Waals surface area contributed by atoms with Crippen LogP contribution in [0.1, 0.15) is 17.3 Å². The van der Waals surface area contributed by atoms with Crippen molar-refractivity contribution in [2.75, 3.05) is 18.0 Å². The SMILES string of the molecule is CCN(CC(F)(F)F)c1cc(Br)ccc1C(=O)O. The molecule has 0 aromatic heterocycles. The number of carbonyl (C=O) groups is 1. The van der Waals surface area contributed by atoms with Crippen molar-refractivity contribution >= 4 is 27.6 Å². The maximum absolute atomic E-state index is 12.4.